The number of aromatic nitrogens is 2. The molecule has 0 aliphatic carbocycles. The van der Waals surface area contributed by atoms with Crippen LogP contribution in [0.3, 0.4) is 0 Å². The van der Waals surface area contributed by atoms with E-state index in [1.807, 2.05) is 32.0 Å². The van der Waals surface area contributed by atoms with Crippen molar-refractivity contribution in [3.63, 3.8) is 0 Å². The number of nitrogens with zero attached hydrogens (tertiary/aromatic N) is 2. The van der Waals surface area contributed by atoms with Crippen LogP contribution in [0.25, 0.3) is 0 Å². The molecule has 0 saturated carbocycles. The molecule has 1 aromatic heterocycles. The zero-order chi connectivity index (χ0) is 12.3. The number of carbonyl (C=O) groups excluding carboxylic acids is 1. The minimum Gasteiger partial charge on any atom is -0.438 e. The van der Waals surface area contributed by atoms with Gasteiger partial charge in [0.15, 0.2) is 6.29 Å². The number of carbonyl (C=O) groups is 1. The Balaban J connectivity index is 2.31. The summed E-state index contributed by atoms with van der Waals surface area (Å²) < 4.78 is 5.55. The van der Waals surface area contributed by atoms with Crippen LogP contribution in [0.4, 0.5) is 0 Å². The van der Waals surface area contributed by atoms with Gasteiger partial charge >= 0.3 is 0 Å². The van der Waals surface area contributed by atoms with E-state index < -0.39 is 0 Å². The highest BCUT2D eigenvalue weighted by molar-refractivity contribution is 5.77. The summed E-state index contributed by atoms with van der Waals surface area (Å²) >= 11 is 0. The predicted octanol–water partition coefficient (Wildman–Crippen LogP) is 2.70. The third-order valence-electron chi connectivity index (χ3n) is 2.52. The Kier molecular flexibility index (Phi) is 3.14. The van der Waals surface area contributed by atoms with Crippen LogP contribution in [0.2, 0.25) is 0 Å². The van der Waals surface area contributed by atoms with Gasteiger partial charge in [0.05, 0.1) is 5.56 Å². The summed E-state index contributed by atoms with van der Waals surface area (Å²) in [7, 11) is 0. The summed E-state index contributed by atoms with van der Waals surface area (Å²) in [4.78, 5) is 18.5. The SMILES string of the molecule is Cc1ccc(Oc2ncncc2C=O)cc1C. The molecule has 1 aromatic carbocycles. The average Bonchev–Trinajstić information content (AvgIpc) is 2.34. The fraction of sp³-hybridized carbons (Fsp3) is 0.154. The van der Waals surface area contributed by atoms with E-state index in [1.165, 1.54) is 18.1 Å². The van der Waals surface area contributed by atoms with Gasteiger partial charge < -0.3 is 4.74 Å². The van der Waals surface area contributed by atoms with Crippen LogP contribution >= 0.6 is 0 Å². The van der Waals surface area contributed by atoms with Gasteiger partial charge in [-0.15, -0.1) is 0 Å². The third-order valence-corrected chi connectivity index (χ3v) is 2.52. The fourth-order valence-corrected chi connectivity index (χ4v) is 1.38. The number of benzene rings is 1. The molecule has 0 saturated heterocycles. The van der Waals surface area contributed by atoms with E-state index in [4.69, 9.17) is 4.74 Å². The summed E-state index contributed by atoms with van der Waals surface area (Å²) in [5.74, 6) is 0.938. The minimum absolute atomic E-state index is 0.276. The number of hydrogen-bond donors (Lipinski definition) is 0. The largest absolute Gasteiger partial charge is 0.438 e. The second-order valence-electron chi connectivity index (χ2n) is 3.75. The Bertz CT molecular complexity index is 553. The molecule has 1 heterocycles. The first-order valence-electron chi connectivity index (χ1n) is 5.21. The summed E-state index contributed by atoms with van der Waals surface area (Å²) in [5, 5.41) is 0. The molecule has 0 N–H and O–H groups in total. The van der Waals surface area contributed by atoms with Crippen molar-refractivity contribution in [2.24, 2.45) is 0 Å². The quantitative estimate of drug-likeness (QED) is 0.758. The number of hydrogen-bond acceptors (Lipinski definition) is 4. The van der Waals surface area contributed by atoms with Gasteiger partial charge in [-0.25, -0.2) is 9.97 Å². The first-order chi connectivity index (χ1) is 8.20. The number of rotatable bonds is 3. The van der Waals surface area contributed by atoms with E-state index in [0.29, 0.717) is 17.6 Å². The zero-order valence-corrected chi connectivity index (χ0v) is 9.68. The van der Waals surface area contributed by atoms with Crippen molar-refractivity contribution in [3.05, 3.63) is 47.4 Å². The molecule has 0 radical (unpaired) electrons. The molecule has 0 unspecified atom stereocenters. The topological polar surface area (TPSA) is 52.1 Å². The Hall–Kier alpha value is -2.23. The van der Waals surface area contributed by atoms with E-state index in [1.54, 1.807) is 0 Å². The van der Waals surface area contributed by atoms with Crippen molar-refractivity contribution in [1.29, 1.82) is 0 Å². The maximum absolute atomic E-state index is 10.8. The monoisotopic (exact) mass is 228 g/mol. The summed E-state index contributed by atoms with van der Waals surface area (Å²) in [6.45, 7) is 4.03. The standard InChI is InChI=1S/C13H12N2O2/c1-9-3-4-12(5-10(9)2)17-13-11(7-16)6-14-8-15-13/h3-8H,1-2H3. The van der Waals surface area contributed by atoms with Crippen LogP contribution in [0.1, 0.15) is 21.5 Å². The molecule has 0 bridgehead atoms. The van der Waals surface area contributed by atoms with Gasteiger partial charge in [-0.3, -0.25) is 4.79 Å². The molecular weight excluding hydrogens is 216 g/mol. The molecule has 0 spiro atoms. The molecule has 0 aliphatic rings. The maximum atomic E-state index is 10.8. The third kappa shape index (κ3) is 2.47. The van der Waals surface area contributed by atoms with Gasteiger partial charge in [0, 0.05) is 6.20 Å². The molecule has 4 heteroatoms. The molecule has 17 heavy (non-hydrogen) atoms. The van der Waals surface area contributed by atoms with Crippen molar-refractivity contribution < 1.29 is 9.53 Å². The van der Waals surface area contributed by atoms with Crippen LogP contribution in [-0.4, -0.2) is 16.3 Å². The molecule has 0 amide bonds. The van der Waals surface area contributed by atoms with Crippen molar-refractivity contribution >= 4 is 6.29 Å². The van der Waals surface area contributed by atoms with Crippen LogP contribution in [0.5, 0.6) is 11.6 Å². The van der Waals surface area contributed by atoms with Crippen molar-refractivity contribution in [3.8, 4) is 11.6 Å². The Morgan fingerprint density at radius 2 is 2.06 bits per heavy atom. The van der Waals surface area contributed by atoms with Gasteiger partial charge in [-0.1, -0.05) is 6.07 Å². The number of aldehydes is 1. The van der Waals surface area contributed by atoms with Crippen molar-refractivity contribution in [2.75, 3.05) is 0 Å². The van der Waals surface area contributed by atoms with E-state index in [2.05, 4.69) is 9.97 Å². The second-order valence-corrected chi connectivity index (χ2v) is 3.75. The summed E-state index contributed by atoms with van der Waals surface area (Å²) in [5.41, 5.74) is 2.66. The van der Waals surface area contributed by atoms with Crippen LogP contribution in [0, 0.1) is 13.8 Å². The molecular formula is C13H12N2O2. The zero-order valence-electron chi connectivity index (χ0n) is 9.68. The van der Waals surface area contributed by atoms with Crippen molar-refractivity contribution in [1.82, 2.24) is 9.97 Å². The Labute approximate surface area is 99.3 Å². The summed E-state index contributed by atoms with van der Waals surface area (Å²) in [6, 6.07) is 5.72. The maximum Gasteiger partial charge on any atom is 0.232 e. The lowest BCUT2D eigenvalue weighted by Gasteiger charge is -2.07. The molecule has 0 aliphatic heterocycles. The highest BCUT2D eigenvalue weighted by Crippen LogP contribution is 2.23. The number of aryl methyl sites for hydroxylation is 2. The van der Waals surface area contributed by atoms with E-state index in [0.717, 1.165) is 5.56 Å². The van der Waals surface area contributed by atoms with Crippen molar-refractivity contribution in [2.45, 2.75) is 13.8 Å². The first-order valence-corrected chi connectivity index (χ1v) is 5.21. The van der Waals surface area contributed by atoms with Gasteiger partial charge in [-0.05, 0) is 37.1 Å². The molecule has 4 nitrogen and oxygen atoms in total. The number of ether oxygens (including phenoxy) is 1. The lowest BCUT2D eigenvalue weighted by molar-refractivity contribution is 0.112. The smallest absolute Gasteiger partial charge is 0.232 e. The Morgan fingerprint density at radius 3 is 2.76 bits per heavy atom. The van der Waals surface area contributed by atoms with Crippen LogP contribution < -0.4 is 4.74 Å². The van der Waals surface area contributed by atoms with E-state index >= 15 is 0 Å². The molecule has 2 rings (SSSR count). The average molecular weight is 228 g/mol. The fourth-order valence-electron chi connectivity index (χ4n) is 1.38. The molecule has 0 fully saturated rings. The van der Waals surface area contributed by atoms with E-state index in [-0.39, 0.29) is 5.88 Å². The second kappa shape index (κ2) is 4.74. The molecule has 2 aromatic rings. The first kappa shape index (κ1) is 11.3. The predicted molar refractivity (Wildman–Crippen MR) is 63.4 cm³/mol. The lowest BCUT2D eigenvalue weighted by atomic mass is 10.1. The van der Waals surface area contributed by atoms with Gasteiger partial charge in [-0.2, -0.15) is 0 Å². The minimum atomic E-state index is 0.276. The molecule has 0 atom stereocenters. The normalized spacial score (nSPS) is 10.0. The summed E-state index contributed by atoms with van der Waals surface area (Å²) in [6.07, 6.45) is 3.45. The van der Waals surface area contributed by atoms with Crippen LogP contribution in [0.15, 0.2) is 30.7 Å². The Morgan fingerprint density at radius 1 is 1.24 bits per heavy atom. The van der Waals surface area contributed by atoms with Gasteiger partial charge in [0.1, 0.15) is 12.1 Å². The van der Waals surface area contributed by atoms with E-state index in [9.17, 15) is 4.79 Å². The van der Waals surface area contributed by atoms with Gasteiger partial charge in [0.25, 0.3) is 0 Å². The highest BCUT2D eigenvalue weighted by Gasteiger charge is 2.06. The highest BCUT2D eigenvalue weighted by atomic mass is 16.5. The van der Waals surface area contributed by atoms with Gasteiger partial charge in [0.2, 0.25) is 5.88 Å². The van der Waals surface area contributed by atoms with Crippen LogP contribution in [-0.2, 0) is 0 Å². The molecule has 86 valence electrons. The lowest BCUT2D eigenvalue weighted by Crippen LogP contribution is -1.95.